The van der Waals surface area contributed by atoms with Crippen molar-refractivity contribution in [1.29, 1.82) is 0 Å². The fourth-order valence-corrected chi connectivity index (χ4v) is 4.46. The van der Waals surface area contributed by atoms with Gasteiger partial charge in [-0.05, 0) is 12.1 Å². The van der Waals surface area contributed by atoms with Gasteiger partial charge >= 0.3 is 0 Å². The number of carbonyl (C=O) groups is 1. The third-order valence-corrected chi connectivity index (χ3v) is 6.56. The van der Waals surface area contributed by atoms with E-state index in [9.17, 15) is 13.2 Å². The third kappa shape index (κ3) is 4.77. The molecular formula is C15H19N5O5S2. The molecule has 0 spiro atoms. The molecule has 0 bridgehead atoms. The van der Waals surface area contributed by atoms with Crippen molar-refractivity contribution < 1.29 is 22.7 Å². The number of nitrogens with zero attached hydrogens (tertiary/aromatic N) is 3. The molecule has 12 heteroatoms. The first-order valence-corrected chi connectivity index (χ1v) is 10.5. The second-order valence-electron chi connectivity index (χ2n) is 5.51. The molecule has 2 heterocycles. The molecule has 0 aliphatic carbocycles. The van der Waals surface area contributed by atoms with Gasteiger partial charge in [-0.1, -0.05) is 11.8 Å². The number of methoxy groups -OCH3 is 1. The Kier molecular flexibility index (Phi) is 6.31. The zero-order valence-electron chi connectivity index (χ0n) is 14.5. The number of ether oxygens (including phenoxy) is 2. The number of nitrogens with one attached hydrogen (secondary N) is 2. The number of rotatable bonds is 7. The van der Waals surface area contributed by atoms with E-state index in [2.05, 4.69) is 20.5 Å². The number of morpholine rings is 1. The average Bonchev–Trinajstić information content (AvgIpc) is 3.21. The van der Waals surface area contributed by atoms with Crippen LogP contribution in [0.25, 0.3) is 0 Å². The number of hydrogen-bond donors (Lipinski definition) is 2. The number of anilines is 1. The Morgan fingerprint density at radius 3 is 2.85 bits per heavy atom. The molecule has 2 aromatic rings. The van der Waals surface area contributed by atoms with Crippen molar-refractivity contribution in [2.24, 2.45) is 0 Å². The first-order chi connectivity index (χ1) is 13.0. The Bertz CT molecular complexity index is 882. The van der Waals surface area contributed by atoms with Crippen LogP contribution in [-0.4, -0.2) is 73.0 Å². The molecule has 1 fully saturated rings. The second-order valence-corrected chi connectivity index (χ2v) is 8.41. The number of H-pyrrole nitrogens is 1. The Hall–Kier alpha value is -2.15. The Balaban J connectivity index is 1.71. The maximum atomic E-state index is 12.7. The van der Waals surface area contributed by atoms with Gasteiger partial charge in [-0.2, -0.15) is 9.40 Å². The SMILES string of the molecule is COc1cc(S(=O)(=O)N2CCOCC2)ccc1NC(=O)CSc1ncn[nH]1. The van der Waals surface area contributed by atoms with Crippen LogP contribution < -0.4 is 10.1 Å². The van der Waals surface area contributed by atoms with Crippen LogP contribution in [0.15, 0.2) is 34.6 Å². The van der Waals surface area contributed by atoms with Gasteiger partial charge in [0.1, 0.15) is 12.1 Å². The molecule has 0 unspecified atom stereocenters. The Morgan fingerprint density at radius 1 is 1.41 bits per heavy atom. The summed E-state index contributed by atoms with van der Waals surface area (Å²) >= 11 is 1.20. The molecule has 27 heavy (non-hydrogen) atoms. The van der Waals surface area contributed by atoms with Gasteiger partial charge in [-0.25, -0.2) is 13.4 Å². The number of amides is 1. The molecule has 0 radical (unpaired) electrons. The minimum Gasteiger partial charge on any atom is -0.495 e. The van der Waals surface area contributed by atoms with Crippen molar-refractivity contribution in [3.63, 3.8) is 0 Å². The lowest BCUT2D eigenvalue weighted by Crippen LogP contribution is -2.40. The minimum absolute atomic E-state index is 0.107. The number of benzene rings is 1. The summed E-state index contributed by atoms with van der Waals surface area (Å²) in [6, 6.07) is 4.37. The number of hydrogen-bond acceptors (Lipinski definition) is 8. The van der Waals surface area contributed by atoms with Gasteiger partial charge in [0.25, 0.3) is 0 Å². The lowest BCUT2D eigenvalue weighted by atomic mass is 10.3. The molecule has 0 atom stereocenters. The van der Waals surface area contributed by atoms with Crippen LogP contribution in [0, 0.1) is 0 Å². The van der Waals surface area contributed by atoms with Crippen LogP contribution in [0.4, 0.5) is 5.69 Å². The van der Waals surface area contributed by atoms with Crippen LogP contribution in [0.1, 0.15) is 0 Å². The summed E-state index contributed by atoms with van der Waals surface area (Å²) in [5, 5.41) is 9.59. The summed E-state index contributed by atoms with van der Waals surface area (Å²) in [6.45, 7) is 1.35. The van der Waals surface area contributed by atoms with Gasteiger partial charge < -0.3 is 14.8 Å². The van der Waals surface area contributed by atoms with Crippen molar-refractivity contribution in [3.05, 3.63) is 24.5 Å². The molecule has 1 saturated heterocycles. The molecule has 1 aromatic carbocycles. The molecule has 1 aliphatic rings. The minimum atomic E-state index is -3.64. The normalized spacial score (nSPS) is 15.4. The van der Waals surface area contributed by atoms with Gasteiger partial charge in [0, 0.05) is 19.2 Å². The lowest BCUT2D eigenvalue weighted by molar-refractivity contribution is -0.113. The van der Waals surface area contributed by atoms with Crippen molar-refractivity contribution in [2.75, 3.05) is 44.5 Å². The molecular weight excluding hydrogens is 394 g/mol. The molecule has 1 aliphatic heterocycles. The number of sulfonamides is 1. The number of aromatic amines is 1. The highest BCUT2D eigenvalue weighted by atomic mass is 32.2. The Labute approximate surface area is 160 Å². The van der Waals surface area contributed by atoms with E-state index in [0.29, 0.717) is 37.1 Å². The topological polar surface area (TPSA) is 127 Å². The average molecular weight is 413 g/mol. The van der Waals surface area contributed by atoms with Gasteiger partial charge in [0.05, 0.1) is 36.7 Å². The van der Waals surface area contributed by atoms with E-state index < -0.39 is 10.0 Å². The van der Waals surface area contributed by atoms with Gasteiger partial charge in [-0.15, -0.1) is 0 Å². The van der Waals surface area contributed by atoms with Crippen molar-refractivity contribution in [1.82, 2.24) is 19.5 Å². The monoisotopic (exact) mass is 413 g/mol. The van der Waals surface area contributed by atoms with Crippen molar-refractivity contribution in [2.45, 2.75) is 10.1 Å². The number of carbonyl (C=O) groups excluding carboxylic acids is 1. The van der Waals surface area contributed by atoms with E-state index in [1.807, 2.05) is 0 Å². The number of aromatic nitrogens is 3. The molecule has 10 nitrogen and oxygen atoms in total. The lowest BCUT2D eigenvalue weighted by Gasteiger charge is -2.26. The largest absolute Gasteiger partial charge is 0.495 e. The predicted molar refractivity (Wildman–Crippen MR) is 98.3 cm³/mol. The summed E-state index contributed by atoms with van der Waals surface area (Å²) in [7, 11) is -2.23. The van der Waals surface area contributed by atoms with Gasteiger partial charge in [0.15, 0.2) is 5.16 Å². The quantitative estimate of drug-likeness (QED) is 0.631. The van der Waals surface area contributed by atoms with Gasteiger partial charge in [0.2, 0.25) is 15.9 Å². The first-order valence-electron chi connectivity index (χ1n) is 8.04. The first kappa shape index (κ1) is 19.6. The second kappa shape index (κ2) is 8.69. The summed E-state index contributed by atoms with van der Waals surface area (Å²) in [5.74, 6) is 0.104. The highest BCUT2D eigenvalue weighted by molar-refractivity contribution is 7.99. The van der Waals surface area contributed by atoms with E-state index in [4.69, 9.17) is 9.47 Å². The molecule has 2 N–H and O–H groups in total. The fraction of sp³-hybridized carbons (Fsp3) is 0.400. The van der Waals surface area contributed by atoms with E-state index in [0.717, 1.165) is 0 Å². The molecule has 1 amide bonds. The smallest absolute Gasteiger partial charge is 0.243 e. The Morgan fingerprint density at radius 2 is 2.19 bits per heavy atom. The summed E-state index contributed by atoms with van der Waals surface area (Å²) in [4.78, 5) is 16.1. The summed E-state index contributed by atoms with van der Waals surface area (Å²) in [6.07, 6.45) is 1.36. The molecule has 146 valence electrons. The highest BCUT2D eigenvalue weighted by Crippen LogP contribution is 2.29. The molecule has 3 rings (SSSR count). The fourth-order valence-electron chi connectivity index (χ4n) is 2.46. The van der Waals surface area contributed by atoms with E-state index >= 15 is 0 Å². The molecule has 1 aromatic heterocycles. The van der Waals surface area contributed by atoms with Gasteiger partial charge in [-0.3, -0.25) is 9.89 Å². The standard InChI is InChI=1S/C15H19N5O5S2/c1-24-13-8-11(27(22,23)20-4-6-25-7-5-20)2-3-12(13)18-14(21)9-26-15-16-10-17-19-15/h2-3,8,10H,4-7,9H2,1H3,(H,18,21)(H,16,17,19). The maximum absolute atomic E-state index is 12.7. The highest BCUT2D eigenvalue weighted by Gasteiger charge is 2.27. The zero-order chi connectivity index (χ0) is 19.3. The summed E-state index contributed by atoms with van der Waals surface area (Å²) in [5.41, 5.74) is 0.390. The van der Waals surface area contributed by atoms with Crippen LogP contribution in [0.5, 0.6) is 5.75 Å². The van der Waals surface area contributed by atoms with Crippen LogP contribution in [0.2, 0.25) is 0 Å². The van der Waals surface area contributed by atoms with Crippen molar-refractivity contribution >= 4 is 33.4 Å². The maximum Gasteiger partial charge on any atom is 0.243 e. The van der Waals surface area contributed by atoms with Crippen LogP contribution >= 0.6 is 11.8 Å². The third-order valence-electron chi connectivity index (χ3n) is 3.79. The van der Waals surface area contributed by atoms with Crippen molar-refractivity contribution in [3.8, 4) is 5.75 Å². The zero-order valence-corrected chi connectivity index (χ0v) is 16.2. The number of thioether (sulfide) groups is 1. The van der Waals surface area contributed by atoms with E-state index in [1.54, 1.807) is 0 Å². The van der Waals surface area contributed by atoms with Crippen LogP contribution in [0.3, 0.4) is 0 Å². The molecule has 0 saturated carbocycles. The van der Waals surface area contributed by atoms with E-state index in [-0.39, 0.29) is 22.3 Å². The predicted octanol–water partition coefficient (Wildman–Crippen LogP) is 0.565. The van der Waals surface area contributed by atoms with Crippen LogP contribution in [-0.2, 0) is 19.6 Å². The van der Waals surface area contributed by atoms with E-state index in [1.165, 1.54) is 47.7 Å². The summed E-state index contributed by atoms with van der Waals surface area (Å²) < 4.78 is 37.3.